The molecule has 15 heavy (non-hydrogen) atoms. The fourth-order valence-corrected chi connectivity index (χ4v) is 2.18. The molecule has 1 aromatic rings. The van der Waals surface area contributed by atoms with Crippen molar-refractivity contribution in [3.05, 3.63) is 34.9 Å². The van der Waals surface area contributed by atoms with E-state index >= 15 is 0 Å². The summed E-state index contributed by atoms with van der Waals surface area (Å²) in [7, 11) is 0. The minimum absolute atomic E-state index is 0.593. The number of nitrogens with one attached hydrogen (secondary N) is 2. The highest BCUT2D eigenvalue weighted by molar-refractivity contribution is 6.31. The van der Waals surface area contributed by atoms with Crippen molar-refractivity contribution in [2.75, 3.05) is 19.6 Å². The minimum Gasteiger partial charge on any atom is -0.314 e. The van der Waals surface area contributed by atoms with Gasteiger partial charge in [-0.05, 0) is 24.5 Å². The third kappa shape index (κ3) is 3.20. The van der Waals surface area contributed by atoms with E-state index in [2.05, 4.69) is 16.7 Å². The molecule has 0 aliphatic carbocycles. The predicted molar refractivity (Wildman–Crippen MR) is 64.4 cm³/mol. The van der Waals surface area contributed by atoms with Crippen molar-refractivity contribution < 1.29 is 0 Å². The highest BCUT2D eigenvalue weighted by Gasteiger charge is 2.11. The van der Waals surface area contributed by atoms with Gasteiger partial charge in [0.2, 0.25) is 0 Å². The van der Waals surface area contributed by atoms with Crippen LogP contribution in [0.4, 0.5) is 0 Å². The Balaban J connectivity index is 1.84. The van der Waals surface area contributed by atoms with E-state index in [1.807, 2.05) is 18.2 Å². The molecular formula is C12H17ClN2. The molecular weight excluding hydrogens is 208 g/mol. The summed E-state index contributed by atoms with van der Waals surface area (Å²) in [6.45, 7) is 3.24. The van der Waals surface area contributed by atoms with E-state index in [0.29, 0.717) is 6.04 Å². The summed E-state index contributed by atoms with van der Waals surface area (Å²) in [6.07, 6.45) is 2.20. The molecule has 0 saturated carbocycles. The van der Waals surface area contributed by atoms with Gasteiger partial charge in [-0.3, -0.25) is 0 Å². The van der Waals surface area contributed by atoms with Gasteiger partial charge in [-0.1, -0.05) is 29.8 Å². The van der Waals surface area contributed by atoms with Crippen LogP contribution in [-0.4, -0.2) is 25.7 Å². The monoisotopic (exact) mass is 224 g/mol. The lowest BCUT2D eigenvalue weighted by molar-refractivity contribution is 0.400. The second kappa shape index (κ2) is 5.50. The number of piperazine rings is 1. The van der Waals surface area contributed by atoms with Gasteiger partial charge in [0.25, 0.3) is 0 Å². The van der Waals surface area contributed by atoms with Gasteiger partial charge in [-0.2, -0.15) is 0 Å². The Kier molecular flexibility index (Phi) is 4.01. The maximum Gasteiger partial charge on any atom is 0.0437 e. The molecule has 0 spiro atoms. The van der Waals surface area contributed by atoms with E-state index in [4.69, 9.17) is 11.6 Å². The second-order valence-corrected chi connectivity index (χ2v) is 4.39. The van der Waals surface area contributed by atoms with Crippen molar-refractivity contribution in [1.82, 2.24) is 10.6 Å². The second-order valence-electron chi connectivity index (χ2n) is 3.99. The Labute approximate surface area is 96.0 Å². The van der Waals surface area contributed by atoms with Crippen LogP contribution in [0.15, 0.2) is 24.3 Å². The van der Waals surface area contributed by atoms with Crippen LogP contribution in [-0.2, 0) is 6.42 Å². The van der Waals surface area contributed by atoms with E-state index in [1.54, 1.807) is 0 Å². The maximum atomic E-state index is 6.11. The maximum absolute atomic E-state index is 6.11. The van der Waals surface area contributed by atoms with Crippen molar-refractivity contribution in [1.29, 1.82) is 0 Å². The largest absolute Gasteiger partial charge is 0.314 e. The first kappa shape index (κ1) is 10.9. The van der Waals surface area contributed by atoms with Crippen LogP contribution in [0.5, 0.6) is 0 Å². The topological polar surface area (TPSA) is 24.1 Å². The van der Waals surface area contributed by atoms with Gasteiger partial charge in [0.15, 0.2) is 0 Å². The predicted octanol–water partition coefficient (Wildman–Crippen LogP) is 1.83. The summed E-state index contributed by atoms with van der Waals surface area (Å²) in [6, 6.07) is 8.69. The molecule has 1 aromatic carbocycles. The van der Waals surface area contributed by atoms with Gasteiger partial charge in [0.05, 0.1) is 0 Å². The lowest BCUT2D eigenvalue weighted by Crippen LogP contribution is -2.48. The van der Waals surface area contributed by atoms with E-state index in [0.717, 1.165) is 37.5 Å². The fraction of sp³-hybridized carbons (Fsp3) is 0.500. The molecule has 0 aromatic heterocycles. The molecule has 3 heteroatoms. The molecule has 1 unspecified atom stereocenters. The highest BCUT2D eigenvalue weighted by atomic mass is 35.5. The molecule has 0 bridgehead atoms. The van der Waals surface area contributed by atoms with Crippen LogP contribution in [0.1, 0.15) is 12.0 Å². The molecule has 1 fully saturated rings. The van der Waals surface area contributed by atoms with Crippen LogP contribution >= 0.6 is 11.6 Å². The molecule has 1 heterocycles. The molecule has 82 valence electrons. The van der Waals surface area contributed by atoms with Crippen LogP contribution in [0.25, 0.3) is 0 Å². The Bertz CT molecular complexity index is 308. The normalized spacial score (nSPS) is 21.5. The Morgan fingerprint density at radius 1 is 1.27 bits per heavy atom. The first-order chi connectivity index (χ1) is 7.36. The Morgan fingerprint density at radius 2 is 2.13 bits per heavy atom. The summed E-state index contributed by atoms with van der Waals surface area (Å²) < 4.78 is 0. The van der Waals surface area contributed by atoms with Gasteiger partial charge >= 0.3 is 0 Å². The molecule has 0 radical (unpaired) electrons. The lowest BCUT2D eigenvalue weighted by atomic mass is 10.0. The summed E-state index contributed by atoms with van der Waals surface area (Å²) in [5.74, 6) is 0. The van der Waals surface area contributed by atoms with Crippen molar-refractivity contribution in [3.63, 3.8) is 0 Å². The molecule has 1 aliphatic rings. The van der Waals surface area contributed by atoms with Gasteiger partial charge in [0.1, 0.15) is 0 Å². The van der Waals surface area contributed by atoms with E-state index in [-0.39, 0.29) is 0 Å². The Morgan fingerprint density at radius 3 is 2.87 bits per heavy atom. The quantitative estimate of drug-likeness (QED) is 0.819. The average Bonchev–Trinajstić information content (AvgIpc) is 2.29. The SMILES string of the molecule is Clc1ccccc1CCC1CNCCN1. The number of rotatable bonds is 3. The summed E-state index contributed by atoms with van der Waals surface area (Å²) in [4.78, 5) is 0. The fourth-order valence-electron chi connectivity index (χ4n) is 1.95. The molecule has 2 nitrogen and oxygen atoms in total. The summed E-state index contributed by atoms with van der Waals surface area (Å²) in [5, 5.41) is 7.78. The Hall–Kier alpha value is -0.570. The van der Waals surface area contributed by atoms with E-state index in [9.17, 15) is 0 Å². The smallest absolute Gasteiger partial charge is 0.0437 e. The number of hydrogen-bond acceptors (Lipinski definition) is 2. The average molecular weight is 225 g/mol. The zero-order valence-electron chi connectivity index (χ0n) is 8.80. The zero-order valence-corrected chi connectivity index (χ0v) is 9.56. The third-order valence-electron chi connectivity index (χ3n) is 2.85. The van der Waals surface area contributed by atoms with Crippen molar-refractivity contribution in [2.45, 2.75) is 18.9 Å². The van der Waals surface area contributed by atoms with Gasteiger partial charge in [0, 0.05) is 30.7 Å². The molecule has 1 aliphatic heterocycles. The lowest BCUT2D eigenvalue weighted by Gasteiger charge is -2.24. The number of hydrogen-bond donors (Lipinski definition) is 2. The molecule has 1 saturated heterocycles. The van der Waals surface area contributed by atoms with Crippen molar-refractivity contribution >= 4 is 11.6 Å². The number of halogens is 1. The molecule has 1 atom stereocenters. The minimum atomic E-state index is 0.593. The van der Waals surface area contributed by atoms with Crippen molar-refractivity contribution in [2.24, 2.45) is 0 Å². The zero-order chi connectivity index (χ0) is 10.5. The van der Waals surface area contributed by atoms with Gasteiger partial charge < -0.3 is 10.6 Å². The van der Waals surface area contributed by atoms with Crippen LogP contribution in [0.2, 0.25) is 5.02 Å². The molecule has 2 N–H and O–H groups in total. The first-order valence-electron chi connectivity index (χ1n) is 5.54. The summed E-state index contributed by atoms with van der Waals surface area (Å²) in [5.41, 5.74) is 1.26. The standard InChI is InChI=1S/C12H17ClN2/c13-12-4-2-1-3-10(12)5-6-11-9-14-7-8-15-11/h1-4,11,14-15H,5-9H2. The van der Waals surface area contributed by atoms with E-state index < -0.39 is 0 Å². The van der Waals surface area contributed by atoms with E-state index in [1.165, 1.54) is 5.56 Å². The van der Waals surface area contributed by atoms with Gasteiger partial charge in [-0.25, -0.2) is 0 Å². The van der Waals surface area contributed by atoms with Crippen LogP contribution in [0.3, 0.4) is 0 Å². The number of aryl methyl sites for hydroxylation is 1. The van der Waals surface area contributed by atoms with Crippen LogP contribution < -0.4 is 10.6 Å². The van der Waals surface area contributed by atoms with Gasteiger partial charge in [-0.15, -0.1) is 0 Å². The highest BCUT2D eigenvalue weighted by Crippen LogP contribution is 2.17. The van der Waals surface area contributed by atoms with Crippen LogP contribution in [0, 0.1) is 0 Å². The number of benzene rings is 1. The van der Waals surface area contributed by atoms with Crippen molar-refractivity contribution in [3.8, 4) is 0 Å². The third-order valence-corrected chi connectivity index (χ3v) is 3.21. The summed E-state index contributed by atoms with van der Waals surface area (Å²) >= 11 is 6.11. The molecule has 2 rings (SSSR count). The first-order valence-corrected chi connectivity index (χ1v) is 5.91. The molecule has 0 amide bonds.